The molecule has 0 aliphatic carbocycles. The molecular formula is C13H21N3O. The molecule has 0 spiro atoms. The Balaban J connectivity index is 2.89. The number of carbonyl (C=O) groups is 1. The van der Waals surface area contributed by atoms with Crippen LogP contribution in [0.2, 0.25) is 0 Å². The molecule has 94 valence electrons. The van der Waals surface area contributed by atoms with Crippen molar-refractivity contribution in [3.05, 3.63) is 23.9 Å². The quantitative estimate of drug-likeness (QED) is 0.874. The van der Waals surface area contributed by atoms with Crippen molar-refractivity contribution >= 4 is 11.7 Å². The lowest BCUT2D eigenvalue weighted by Crippen LogP contribution is -2.34. The Hall–Kier alpha value is -1.58. The maximum atomic E-state index is 12.2. The number of anilines is 1. The number of nitrogens with zero attached hydrogens (tertiary/aromatic N) is 2. The molecule has 1 heterocycles. The first kappa shape index (κ1) is 13.5. The third-order valence-corrected chi connectivity index (χ3v) is 2.33. The van der Waals surface area contributed by atoms with Crippen molar-refractivity contribution in [2.24, 2.45) is 5.41 Å². The van der Waals surface area contributed by atoms with E-state index in [0.29, 0.717) is 17.9 Å². The average molecular weight is 235 g/mol. The zero-order valence-electron chi connectivity index (χ0n) is 11.2. The van der Waals surface area contributed by atoms with E-state index >= 15 is 0 Å². The molecule has 0 saturated heterocycles. The minimum Gasteiger partial charge on any atom is -0.372 e. The average Bonchev–Trinajstić information content (AvgIpc) is 2.25. The normalized spacial score (nSPS) is 11.1. The minimum atomic E-state index is -0.00243. The van der Waals surface area contributed by atoms with E-state index in [1.807, 2.05) is 7.05 Å². The summed E-state index contributed by atoms with van der Waals surface area (Å²) in [7, 11) is 3.59. The molecule has 0 aliphatic heterocycles. The molecule has 1 aromatic rings. The van der Waals surface area contributed by atoms with Crippen LogP contribution in [0, 0.1) is 5.41 Å². The highest BCUT2D eigenvalue weighted by Gasteiger charge is 2.20. The summed E-state index contributed by atoms with van der Waals surface area (Å²) in [6.07, 6.45) is 1.67. The highest BCUT2D eigenvalue weighted by atomic mass is 16.2. The highest BCUT2D eigenvalue weighted by Crippen LogP contribution is 2.18. The first-order valence-electron chi connectivity index (χ1n) is 5.73. The van der Waals surface area contributed by atoms with Gasteiger partial charge in [-0.1, -0.05) is 20.8 Å². The smallest absolute Gasteiger partial charge is 0.257 e. The van der Waals surface area contributed by atoms with Gasteiger partial charge in [0.15, 0.2) is 0 Å². The fraction of sp³-hybridized carbons (Fsp3) is 0.538. The van der Waals surface area contributed by atoms with E-state index in [4.69, 9.17) is 0 Å². The van der Waals surface area contributed by atoms with E-state index in [1.54, 1.807) is 30.3 Å². The van der Waals surface area contributed by atoms with Crippen LogP contribution in [-0.4, -0.2) is 36.4 Å². The lowest BCUT2D eigenvalue weighted by molar-refractivity contribution is 0.0746. The van der Waals surface area contributed by atoms with Crippen molar-refractivity contribution in [1.82, 2.24) is 9.88 Å². The molecule has 1 amide bonds. The van der Waals surface area contributed by atoms with Crippen LogP contribution in [-0.2, 0) is 0 Å². The SMILES string of the molecule is CNc1ncccc1C(=O)N(C)CC(C)(C)C. The number of pyridine rings is 1. The Bertz CT molecular complexity index is 396. The van der Waals surface area contributed by atoms with Gasteiger partial charge >= 0.3 is 0 Å². The summed E-state index contributed by atoms with van der Waals surface area (Å²) in [5.74, 6) is 0.621. The number of hydrogen-bond donors (Lipinski definition) is 1. The van der Waals surface area contributed by atoms with Gasteiger partial charge in [0.25, 0.3) is 5.91 Å². The lowest BCUT2D eigenvalue weighted by Gasteiger charge is -2.27. The van der Waals surface area contributed by atoms with Gasteiger partial charge in [0, 0.05) is 26.8 Å². The van der Waals surface area contributed by atoms with Crippen LogP contribution in [0.15, 0.2) is 18.3 Å². The van der Waals surface area contributed by atoms with Crippen LogP contribution < -0.4 is 5.32 Å². The van der Waals surface area contributed by atoms with Gasteiger partial charge in [-0.05, 0) is 17.5 Å². The number of amides is 1. The van der Waals surface area contributed by atoms with Crippen molar-refractivity contribution in [2.75, 3.05) is 26.0 Å². The molecule has 0 atom stereocenters. The second-order valence-corrected chi connectivity index (χ2v) is 5.37. The van der Waals surface area contributed by atoms with E-state index in [2.05, 4.69) is 31.1 Å². The van der Waals surface area contributed by atoms with Gasteiger partial charge in [-0.2, -0.15) is 0 Å². The zero-order chi connectivity index (χ0) is 13.1. The van der Waals surface area contributed by atoms with Crippen LogP contribution >= 0.6 is 0 Å². The molecule has 0 unspecified atom stereocenters. The van der Waals surface area contributed by atoms with E-state index in [-0.39, 0.29) is 11.3 Å². The molecule has 0 bridgehead atoms. The number of rotatable bonds is 3. The van der Waals surface area contributed by atoms with Crippen LogP contribution in [0.5, 0.6) is 0 Å². The molecule has 0 fully saturated rings. The largest absolute Gasteiger partial charge is 0.372 e. The summed E-state index contributed by atoms with van der Waals surface area (Å²) in [5, 5.41) is 2.94. The number of nitrogens with one attached hydrogen (secondary N) is 1. The van der Waals surface area contributed by atoms with E-state index < -0.39 is 0 Å². The van der Waals surface area contributed by atoms with E-state index in [1.165, 1.54) is 0 Å². The molecular weight excluding hydrogens is 214 g/mol. The molecule has 0 radical (unpaired) electrons. The molecule has 1 N–H and O–H groups in total. The Morgan fingerprint density at radius 3 is 2.65 bits per heavy atom. The molecule has 0 aliphatic rings. The van der Waals surface area contributed by atoms with Gasteiger partial charge < -0.3 is 10.2 Å². The van der Waals surface area contributed by atoms with Gasteiger partial charge in [0.1, 0.15) is 5.82 Å². The Morgan fingerprint density at radius 2 is 2.12 bits per heavy atom. The summed E-state index contributed by atoms with van der Waals surface area (Å²) >= 11 is 0. The third-order valence-electron chi connectivity index (χ3n) is 2.33. The minimum absolute atomic E-state index is 0.00243. The number of carbonyl (C=O) groups excluding carboxylic acids is 1. The molecule has 4 heteroatoms. The molecule has 0 aromatic carbocycles. The van der Waals surface area contributed by atoms with Crippen LogP contribution in [0.25, 0.3) is 0 Å². The monoisotopic (exact) mass is 235 g/mol. The lowest BCUT2D eigenvalue weighted by atomic mass is 9.96. The Morgan fingerprint density at radius 1 is 1.47 bits per heavy atom. The Kier molecular flexibility index (Phi) is 4.10. The second kappa shape index (κ2) is 5.17. The van der Waals surface area contributed by atoms with Crippen molar-refractivity contribution < 1.29 is 4.79 Å². The van der Waals surface area contributed by atoms with Crippen LogP contribution in [0.1, 0.15) is 31.1 Å². The molecule has 17 heavy (non-hydrogen) atoms. The summed E-state index contributed by atoms with van der Waals surface area (Å²) in [5.41, 5.74) is 0.702. The summed E-state index contributed by atoms with van der Waals surface area (Å²) in [6.45, 7) is 7.04. The number of hydrogen-bond acceptors (Lipinski definition) is 3. The Labute approximate surface area is 103 Å². The summed E-state index contributed by atoms with van der Waals surface area (Å²) in [6, 6.07) is 3.57. The van der Waals surface area contributed by atoms with Crippen LogP contribution in [0.3, 0.4) is 0 Å². The van der Waals surface area contributed by atoms with Crippen molar-refractivity contribution in [2.45, 2.75) is 20.8 Å². The second-order valence-electron chi connectivity index (χ2n) is 5.37. The standard InChI is InChI=1S/C13H21N3O/c1-13(2,3)9-16(5)12(17)10-7-6-8-15-11(10)14-4/h6-8H,9H2,1-5H3,(H,14,15). The van der Waals surface area contributed by atoms with Crippen molar-refractivity contribution in [1.29, 1.82) is 0 Å². The summed E-state index contributed by atoms with van der Waals surface area (Å²) in [4.78, 5) is 18.1. The van der Waals surface area contributed by atoms with Gasteiger partial charge in [-0.25, -0.2) is 4.98 Å². The van der Waals surface area contributed by atoms with Gasteiger partial charge in [-0.15, -0.1) is 0 Å². The highest BCUT2D eigenvalue weighted by molar-refractivity contribution is 5.98. The molecule has 1 rings (SSSR count). The molecule has 4 nitrogen and oxygen atoms in total. The van der Waals surface area contributed by atoms with E-state index in [9.17, 15) is 4.79 Å². The van der Waals surface area contributed by atoms with E-state index in [0.717, 1.165) is 0 Å². The fourth-order valence-electron chi connectivity index (χ4n) is 1.77. The topological polar surface area (TPSA) is 45.2 Å². The first-order valence-corrected chi connectivity index (χ1v) is 5.73. The van der Waals surface area contributed by atoms with Crippen molar-refractivity contribution in [3.63, 3.8) is 0 Å². The third kappa shape index (κ3) is 3.73. The van der Waals surface area contributed by atoms with Gasteiger partial charge in [-0.3, -0.25) is 4.79 Å². The zero-order valence-corrected chi connectivity index (χ0v) is 11.2. The molecule has 1 aromatic heterocycles. The number of aromatic nitrogens is 1. The first-order chi connectivity index (χ1) is 7.85. The predicted molar refractivity (Wildman–Crippen MR) is 70.2 cm³/mol. The molecule has 0 saturated carbocycles. The summed E-state index contributed by atoms with van der Waals surface area (Å²) < 4.78 is 0. The van der Waals surface area contributed by atoms with Gasteiger partial charge in [0.2, 0.25) is 0 Å². The van der Waals surface area contributed by atoms with Crippen molar-refractivity contribution in [3.8, 4) is 0 Å². The maximum absolute atomic E-state index is 12.2. The van der Waals surface area contributed by atoms with Crippen LogP contribution in [0.4, 0.5) is 5.82 Å². The predicted octanol–water partition coefficient (Wildman–Crippen LogP) is 2.24. The maximum Gasteiger partial charge on any atom is 0.257 e. The van der Waals surface area contributed by atoms with Gasteiger partial charge in [0.05, 0.1) is 5.56 Å². The fourth-order valence-corrected chi connectivity index (χ4v) is 1.77.